The average Bonchev–Trinajstić information content (AvgIpc) is 2.52. The summed E-state index contributed by atoms with van der Waals surface area (Å²) in [5.41, 5.74) is 1.33. The van der Waals surface area contributed by atoms with Crippen LogP contribution in [-0.4, -0.2) is 30.9 Å². The monoisotopic (exact) mass is 386 g/mol. The molecule has 142 valence electrons. The molecule has 0 radical (unpaired) electrons. The number of nitrogens with one attached hydrogen (secondary N) is 2. The highest BCUT2D eigenvalue weighted by molar-refractivity contribution is 7.80. The molecular weight excluding hydrogens is 366 g/mol. The first-order valence-corrected chi connectivity index (χ1v) is 8.25. The standard InChI is InChI=1S/C17H20F2N2O4S/c1-8(2)24-15(22)13-9(3)20-17(26)21-14(13)10-5-6-11(23-4)12(7-10)25-16(18)19/h5-8,14,16H,1-4H3,(H2,20,21,26)/t14-/m1/s1. The molecule has 0 amide bonds. The van der Waals surface area contributed by atoms with Gasteiger partial charge in [0.15, 0.2) is 16.6 Å². The number of rotatable bonds is 6. The SMILES string of the molecule is COc1ccc([C@H]2NC(=S)NC(C)=C2C(=O)OC(C)C)cc1OC(F)F. The zero-order valence-electron chi connectivity index (χ0n) is 14.8. The highest BCUT2D eigenvalue weighted by Gasteiger charge is 2.32. The van der Waals surface area contributed by atoms with Crippen molar-refractivity contribution in [3.8, 4) is 11.5 Å². The summed E-state index contributed by atoms with van der Waals surface area (Å²) in [6.07, 6.45) is -0.314. The van der Waals surface area contributed by atoms with Crippen molar-refractivity contribution < 1.29 is 27.8 Å². The van der Waals surface area contributed by atoms with E-state index in [2.05, 4.69) is 15.4 Å². The zero-order chi connectivity index (χ0) is 19.4. The Morgan fingerprint density at radius 2 is 1.96 bits per heavy atom. The molecular formula is C17H20F2N2O4S. The van der Waals surface area contributed by atoms with Gasteiger partial charge in [-0.25, -0.2) is 4.79 Å². The quantitative estimate of drug-likeness (QED) is 0.575. The molecule has 1 atom stereocenters. The highest BCUT2D eigenvalue weighted by atomic mass is 32.1. The van der Waals surface area contributed by atoms with Crippen LogP contribution in [0.5, 0.6) is 11.5 Å². The molecule has 0 saturated carbocycles. The maximum Gasteiger partial charge on any atom is 0.387 e. The number of ether oxygens (including phenoxy) is 3. The van der Waals surface area contributed by atoms with Gasteiger partial charge < -0.3 is 24.8 Å². The van der Waals surface area contributed by atoms with Crippen LogP contribution in [0.3, 0.4) is 0 Å². The van der Waals surface area contributed by atoms with Crippen molar-refractivity contribution in [3.63, 3.8) is 0 Å². The van der Waals surface area contributed by atoms with Crippen LogP contribution < -0.4 is 20.1 Å². The van der Waals surface area contributed by atoms with E-state index in [0.29, 0.717) is 21.9 Å². The molecule has 26 heavy (non-hydrogen) atoms. The normalized spacial score (nSPS) is 17.1. The lowest BCUT2D eigenvalue weighted by Gasteiger charge is -2.30. The van der Waals surface area contributed by atoms with E-state index in [-0.39, 0.29) is 17.6 Å². The molecule has 1 aromatic carbocycles. The van der Waals surface area contributed by atoms with Gasteiger partial charge in [-0.3, -0.25) is 0 Å². The molecule has 9 heteroatoms. The predicted molar refractivity (Wildman–Crippen MR) is 95.2 cm³/mol. The van der Waals surface area contributed by atoms with Gasteiger partial charge in [0.05, 0.1) is 24.8 Å². The van der Waals surface area contributed by atoms with E-state index in [1.165, 1.54) is 19.2 Å². The van der Waals surface area contributed by atoms with Crippen LogP contribution in [0, 0.1) is 0 Å². The summed E-state index contributed by atoms with van der Waals surface area (Å²) in [5.74, 6) is -0.518. The minimum atomic E-state index is -3.01. The third-order valence-corrected chi connectivity index (χ3v) is 3.79. The summed E-state index contributed by atoms with van der Waals surface area (Å²) in [7, 11) is 1.35. The number of thiocarbonyl (C=S) groups is 1. The van der Waals surface area contributed by atoms with Gasteiger partial charge in [-0.05, 0) is 50.7 Å². The van der Waals surface area contributed by atoms with Crippen LogP contribution in [0.1, 0.15) is 32.4 Å². The van der Waals surface area contributed by atoms with Crippen LogP contribution in [0.15, 0.2) is 29.5 Å². The van der Waals surface area contributed by atoms with Crippen molar-refractivity contribution in [3.05, 3.63) is 35.0 Å². The van der Waals surface area contributed by atoms with E-state index in [4.69, 9.17) is 21.7 Å². The van der Waals surface area contributed by atoms with Gasteiger partial charge >= 0.3 is 12.6 Å². The molecule has 0 spiro atoms. The number of carbonyl (C=O) groups is 1. The summed E-state index contributed by atoms with van der Waals surface area (Å²) >= 11 is 5.15. The summed E-state index contributed by atoms with van der Waals surface area (Å²) < 4.78 is 40.2. The fourth-order valence-electron chi connectivity index (χ4n) is 2.55. The molecule has 1 aliphatic rings. The minimum absolute atomic E-state index is 0.138. The van der Waals surface area contributed by atoms with Crippen molar-refractivity contribution in [1.82, 2.24) is 10.6 Å². The van der Waals surface area contributed by atoms with Crippen molar-refractivity contribution in [2.45, 2.75) is 39.5 Å². The van der Waals surface area contributed by atoms with Crippen LogP contribution in [0.2, 0.25) is 0 Å². The zero-order valence-corrected chi connectivity index (χ0v) is 15.6. The Balaban J connectivity index is 2.47. The van der Waals surface area contributed by atoms with E-state index in [0.717, 1.165) is 0 Å². The number of carbonyl (C=O) groups excluding carboxylic acids is 1. The second kappa shape index (κ2) is 8.31. The van der Waals surface area contributed by atoms with Crippen molar-refractivity contribution in [2.75, 3.05) is 7.11 Å². The van der Waals surface area contributed by atoms with Gasteiger partial charge in [0, 0.05) is 5.70 Å². The number of methoxy groups -OCH3 is 1. The molecule has 1 aliphatic heterocycles. The first-order valence-electron chi connectivity index (χ1n) is 7.85. The van der Waals surface area contributed by atoms with Crippen LogP contribution >= 0.6 is 12.2 Å². The fourth-order valence-corrected chi connectivity index (χ4v) is 2.82. The van der Waals surface area contributed by atoms with Gasteiger partial charge in [0.25, 0.3) is 0 Å². The Morgan fingerprint density at radius 3 is 2.54 bits per heavy atom. The van der Waals surface area contributed by atoms with E-state index < -0.39 is 18.6 Å². The number of alkyl halides is 2. The molecule has 0 aliphatic carbocycles. The molecule has 2 rings (SSSR count). The van der Waals surface area contributed by atoms with Gasteiger partial charge in [-0.15, -0.1) is 0 Å². The predicted octanol–water partition coefficient (Wildman–Crippen LogP) is 3.04. The second-order valence-electron chi connectivity index (χ2n) is 5.81. The van der Waals surface area contributed by atoms with Gasteiger partial charge in [-0.2, -0.15) is 8.78 Å². The smallest absolute Gasteiger partial charge is 0.387 e. The van der Waals surface area contributed by atoms with Crippen molar-refractivity contribution in [1.29, 1.82) is 0 Å². The largest absolute Gasteiger partial charge is 0.493 e. The maximum atomic E-state index is 12.7. The van der Waals surface area contributed by atoms with E-state index in [1.807, 2.05) is 0 Å². The Morgan fingerprint density at radius 1 is 1.27 bits per heavy atom. The third kappa shape index (κ3) is 4.60. The number of hydrogen-bond acceptors (Lipinski definition) is 5. The molecule has 0 saturated heterocycles. The highest BCUT2D eigenvalue weighted by Crippen LogP contribution is 2.35. The van der Waals surface area contributed by atoms with Gasteiger partial charge in [0.1, 0.15) is 0 Å². The number of hydrogen-bond donors (Lipinski definition) is 2. The maximum absolute atomic E-state index is 12.7. The van der Waals surface area contributed by atoms with Gasteiger partial charge in [-0.1, -0.05) is 6.07 Å². The van der Waals surface area contributed by atoms with Crippen LogP contribution in [0.4, 0.5) is 8.78 Å². The molecule has 0 fully saturated rings. The Labute approximate surface area is 155 Å². The summed E-state index contributed by atoms with van der Waals surface area (Å²) in [4.78, 5) is 12.5. The molecule has 2 N–H and O–H groups in total. The average molecular weight is 386 g/mol. The Bertz CT molecular complexity index is 737. The number of halogens is 2. The lowest BCUT2D eigenvalue weighted by molar-refractivity contribution is -0.143. The van der Waals surface area contributed by atoms with E-state index >= 15 is 0 Å². The summed E-state index contributed by atoms with van der Waals surface area (Å²) in [5, 5.41) is 6.15. The second-order valence-corrected chi connectivity index (χ2v) is 6.22. The van der Waals surface area contributed by atoms with Gasteiger partial charge in [0.2, 0.25) is 0 Å². The van der Waals surface area contributed by atoms with Crippen molar-refractivity contribution in [2.24, 2.45) is 0 Å². The first kappa shape index (κ1) is 19.9. The summed E-state index contributed by atoms with van der Waals surface area (Å²) in [6, 6.07) is 3.83. The first-order chi connectivity index (χ1) is 12.2. The molecule has 0 bridgehead atoms. The topological polar surface area (TPSA) is 68.8 Å². The lowest BCUT2D eigenvalue weighted by atomic mass is 9.95. The number of benzene rings is 1. The third-order valence-electron chi connectivity index (χ3n) is 3.57. The summed E-state index contributed by atoms with van der Waals surface area (Å²) in [6.45, 7) is 2.15. The minimum Gasteiger partial charge on any atom is -0.493 e. The molecule has 1 heterocycles. The Kier molecular flexibility index (Phi) is 6.36. The fraction of sp³-hybridized carbons (Fsp3) is 0.412. The van der Waals surface area contributed by atoms with Crippen LogP contribution in [0.25, 0.3) is 0 Å². The van der Waals surface area contributed by atoms with Crippen LogP contribution in [-0.2, 0) is 9.53 Å². The molecule has 0 unspecified atom stereocenters. The molecule has 0 aromatic heterocycles. The molecule has 1 aromatic rings. The number of allylic oxidation sites excluding steroid dienone is 1. The Hall–Kier alpha value is -2.42. The van der Waals surface area contributed by atoms with E-state index in [9.17, 15) is 13.6 Å². The molecule has 6 nitrogen and oxygen atoms in total. The van der Waals surface area contributed by atoms with Crippen molar-refractivity contribution >= 4 is 23.3 Å². The van der Waals surface area contributed by atoms with E-state index in [1.54, 1.807) is 26.8 Å². The lowest BCUT2D eigenvalue weighted by Crippen LogP contribution is -2.45. The number of esters is 1.